The van der Waals surface area contributed by atoms with Gasteiger partial charge in [-0.25, -0.2) is 8.42 Å². The van der Waals surface area contributed by atoms with Crippen LogP contribution in [-0.2, 0) is 9.84 Å². The van der Waals surface area contributed by atoms with Crippen molar-refractivity contribution in [1.29, 1.82) is 0 Å². The zero-order valence-electron chi connectivity index (χ0n) is 11.7. The van der Waals surface area contributed by atoms with Crippen molar-refractivity contribution >= 4 is 15.5 Å². The zero-order valence-corrected chi connectivity index (χ0v) is 12.5. The fraction of sp³-hybridized carbons (Fsp3) is 0.200. The maximum absolute atomic E-state index is 11.6. The van der Waals surface area contributed by atoms with Crippen LogP contribution < -0.4 is 10.5 Å². The number of para-hydroxylation sites is 1. The maximum Gasteiger partial charge on any atom is 0.177 e. The van der Waals surface area contributed by atoms with Crippen molar-refractivity contribution in [2.24, 2.45) is 0 Å². The highest BCUT2D eigenvalue weighted by molar-refractivity contribution is 7.90. The van der Waals surface area contributed by atoms with Gasteiger partial charge in [-0.2, -0.15) is 0 Å². The molecule has 0 aliphatic heterocycles. The third-order valence-corrected chi connectivity index (χ3v) is 4.13. The quantitative estimate of drug-likeness (QED) is 0.882. The predicted molar refractivity (Wildman–Crippen MR) is 80.0 cm³/mol. The molecule has 4 nitrogen and oxygen atoms in total. The molecule has 0 saturated carbocycles. The van der Waals surface area contributed by atoms with Crippen LogP contribution in [0.5, 0.6) is 11.5 Å². The molecule has 0 spiro atoms. The summed E-state index contributed by atoms with van der Waals surface area (Å²) in [7, 11) is -3.37. The zero-order chi connectivity index (χ0) is 14.9. The molecule has 0 unspecified atom stereocenters. The molecule has 0 aliphatic rings. The monoisotopic (exact) mass is 291 g/mol. The van der Waals surface area contributed by atoms with Crippen molar-refractivity contribution in [3.63, 3.8) is 0 Å². The summed E-state index contributed by atoms with van der Waals surface area (Å²) in [6.07, 6.45) is 1.12. The van der Waals surface area contributed by atoms with E-state index in [1.54, 1.807) is 12.1 Å². The van der Waals surface area contributed by atoms with Gasteiger partial charge in [0.2, 0.25) is 0 Å². The minimum atomic E-state index is -3.37. The van der Waals surface area contributed by atoms with Crippen LogP contribution in [0.15, 0.2) is 41.3 Å². The van der Waals surface area contributed by atoms with Gasteiger partial charge in [-0.1, -0.05) is 23.8 Å². The van der Waals surface area contributed by atoms with Crippen molar-refractivity contribution < 1.29 is 13.2 Å². The first kappa shape index (κ1) is 14.4. The number of ether oxygens (including phenoxy) is 1. The number of aryl methyl sites for hydroxylation is 2. The first-order chi connectivity index (χ1) is 9.29. The molecule has 0 amide bonds. The number of anilines is 1. The molecule has 0 radical (unpaired) electrons. The summed E-state index contributed by atoms with van der Waals surface area (Å²) < 4.78 is 29.0. The number of benzene rings is 2. The SMILES string of the molecule is Cc1ccc(Oc2cccc(S(C)(=O)=O)c2N)c(C)c1. The molecule has 2 N–H and O–H groups in total. The van der Waals surface area contributed by atoms with Crippen molar-refractivity contribution in [1.82, 2.24) is 0 Å². The molecule has 0 saturated heterocycles. The molecule has 0 aromatic heterocycles. The van der Waals surface area contributed by atoms with Crippen molar-refractivity contribution in [2.45, 2.75) is 18.7 Å². The number of hydrogen-bond acceptors (Lipinski definition) is 4. The molecule has 2 rings (SSSR count). The lowest BCUT2D eigenvalue weighted by atomic mass is 10.1. The second-order valence-electron chi connectivity index (χ2n) is 4.81. The lowest BCUT2D eigenvalue weighted by Crippen LogP contribution is -2.04. The van der Waals surface area contributed by atoms with Crippen LogP contribution in [0.25, 0.3) is 0 Å². The Morgan fingerprint density at radius 2 is 1.75 bits per heavy atom. The summed E-state index contributed by atoms with van der Waals surface area (Å²) in [4.78, 5) is 0.0831. The number of nitrogens with two attached hydrogens (primary N) is 1. The highest BCUT2D eigenvalue weighted by atomic mass is 32.2. The normalized spacial score (nSPS) is 11.3. The molecule has 0 fully saturated rings. The van der Waals surface area contributed by atoms with E-state index in [1.807, 2.05) is 32.0 Å². The Morgan fingerprint density at radius 1 is 1.05 bits per heavy atom. The van der Waals surface area contributed by atoms with E-state index in [1.165, 1.54) is 6.07 Å². The number of sulfone groups is 1. The second kappa shape index (κ2) is 5.17. The van der Waals surface area contributed by atoms with Gasteiger partial charge in [-0.05, 0) is 37.6 Å². The fourth-order valence-corrected chi connectivity index (χ4v) is 2.79. The van der Waals surface area contributed by atoms with Crippen LogP contribution in [-0.4, -0.2) is 14.7 Å². The summed E-state index contributed by atoms with van der Waals surface area (Å²) in [6, 6.07) is 10.5. The molecule has 20 heavy (non-hydrogen) atoms. The van der Waals surface area contributed by atoms with E-state index in [-0.39, 0.29) is 10.6 Å². The number of nitrogen functional groups attached to an aromatic ring is 1. The average Bonchev–Trinajstić information content (AvgIpc) is 2.33. The molecular formula is C15H17NO3S. The molecule has 0 heterocycles. The molecule has 5 heteroatoms. The first-order valence-electron chi connectivity index (χ1n) is 6.12. The summed E-state index contributed by atoms with van der Waals surface area (Å²) in [5.41, 5.74) is 8.13. The smallest absolute Gasteiger partial charge is 0.177 e. The maximum atomic E-state index is 11.6. The van der Waals surface area contributed by atoms with Crippen LogP contribution in [0.1, 0.15) is 11.1 Å². The largest absolute Gasteiger partial charge is 0.455 e. The molecule has 0 atom stereocenters. The van der Waals surface area contributed by atoms with E-state index in [0.29, 0.717) is 11.5 Å². The number of hydrogen-bond donors (Lipinski definition) is 1. The van der Waals surface area contributed by atoms with E-state index in [0.717, 1.165) is 17.4 Å². The van der Waals surface area contributed by atoms with Gasteiger partial charge in [0, 0.05) is 6.26 Å². The highest BCUT2D eigenvalue weighted by Gasteiger charge is 2.15. The molecule has 106 valence electrons. The predicted octanol–water partition coefficient (Wildman–Crippen LogP) is 3.08. The Kier molecular flexibility index (Phi) is 3.72. The molecule has 2 aromatic carbocycles. The van der Waals surface area contributed by atoms with Gasteiger partial charge in [-0.15, -0.1) is 0 Å². The molecule has 0 bridgehead atoms. The van der Waals surface area contributed by atoms with Crippen LogP contribution in [0.3, 0.4) is 0 Å². The van der Waals surface area contributed by atoms with Gasteiger partial charge < -0.3 is 10.5 Å². The second-order valence-corrected chi connectivity index (χ2v) is 6.80. The third-order valence-electron chi connectivity index (χ3n) is 2.98. The average molecular weight is 291 g/mol. The van der Waals surface area contributed by atoms with Crippen molar-refractivity contribution in [3.8, 4) is 11.5 Å². The molecule has 0 aliphatic carbocycles. The van der Waals surface area contributed by atoms with Crippen LogP contribution >= 0.6 is 0 Å². The van der Waals surface area contributed by atoms with E-state index < -0.39 is 9.84 Å². The minimum Gasteiger partial charge on any atom is -0.455 e. The van der Waals surface area contributed by atoms with Gasteiger partial charge >= 0.3 is 0 Å². The summed E-state index contributed by atoms with van der Waals surface area (Å²) in [5, 5.41) is 0. The van der Waals surface area contributed by atoms with Crippen molar-refractivity contribution in [3.05, 3.63) is 47.5 Å². The topological polar surface area (TPSA) is 69.4 Å². The van der Waals surface area contributed by atoms with E-state index >= 15 is 0 Å². The van der Waals surface area contributed by atoms with Crippen LogP contribution in [0.2, 0.25) is 0 Å². The van der Waals surface area contributed by atoms with E-state index in [4.69, 9.17) is 10.5 Å². The summed E-state index contributed by atoms with van der Waals surface area (Å²) in [6.45, 7) is 3.92. The Labute approximate surface area is 119 Å². The van der Waals surface area contributed by atoms with Gasteiger partial charge in [-0.3, -0.25) is 0 Å². The Balaban J connectivity index is 2.45. The van der Waals surface area contributed by atoms with Gasteiger partial charge in [0.15, 0.2) is 15.6 Å². The first-order valence-corrected chi connectivity index (χ1v) is 8.02. The van der Waals surface area contributed by atoms with Crippen LogP contribution in [0, 0.1) is 13.8 Å². The summed E-state index contributed by atoms with van der Waals surface area (Å²) >= 11 is 0. The van der Waals surface area contributed by atoms with Gasteiger partial charge in [0.25, 0.3) is 0 Å². The Hall–Kier alpha value is -2.01. The molecule has 2 aromatic rings. The van der Waals surface area contributed by atoms with Gasteiger partial charge in [0.05, 0.1) is 10.6 Å². The third kappa shape index (κ3) is 2.93. The fourth-order valence-electron chi connectivity index (χ4n) is 1.97. The standard InChI is InChI=1S/C15H17NO3S/c1-10-7-8-12(11(2)9-10)19-13-5-4-6-14(15(13)16)20(3,17)18/h4-9H,16H2,1-3H3. The Bertz CT molecular complexity index is 752. The highest BCUT2D eigenvalue weighted by Crippen LogP contribution is 2.33. The van der Waals surface area contributed by atoms with Crippen molar-refractivity contribution in [2.75, 3.05) is 12.0 Å². The lowest BCUT2D eigenvalue weighted by molar-refractivity contribution is 0.479. The molecular weight excluding hydrogens is 274 g/mol. The summed E-state index contributed by atoms with van der Waals surface area (Å²) in [5.74, 6) is 1.01. The Morgan fingerprint density at radius 3 is 2.35 bits per heavy atom. The minimum absolute atomic E-state index is 0.0831. The lowest BCUT2D eigenvalue weighted by Gasteiger charge is -2.13. The van der Waals surface area contributed by atoms with E-state index in [9.17, 15) is 8.42 Å². The van der Waals surface area contributed by atoms with Crippen LogP contribution in [0.4, 0.5) is 5.69 Å². The van der Waals surface area contributed by atoms with Gasteiger partial charge in [0.1, 0.15) is 5.75 Å². The van der Waals surface area contributed by atoms with E-state index in [2.05, 4.69) is 0 Å². The number of rotatable bonds is 3.